The fourth-order valence-corrected chi connectivity index (χ4v) is 0.972. The van der Waals surface area contributed by atoms with Crippen molar-refractivity contribution in [2.24, 2.45) is 0 Å². The minimum absolute atomic E-state index is 0.189. The molecule has 0 fully saturated rings. The number of nitrogens with one attached hydrogen (secondary N) is 1. The van der Waals surface area contributed by atoms with Gasteiger partial charge in [-0.1, -0.05) is 6.58 Å². The molecule has 3 nitrogen and oxygen atoms in total. The second-order valence-corrected chi connectivity index (χ2v) is 2.69. The lowest BCUT2D eigenvalue weighted by molar-refractivity contribution is -0.111. The zero-order chi connectivity index (χ0) is 9.84. The van der Waals surface area contributed by atoms with Crippen LogP contribution in [-0.4, -0.2) is 11.0 Å². The SMILES string of the molecule is C=CC(=O)Nc1ccc(O)cc1C. The quantitative estimate of drug-likeness (QED) is 0.534. The Bertz CT molecular complexity index is 345. The number of aromatic hydroxyl groups is 1. The number of phenols is 1. The average Bonchev–Trinajstić information content (AvgIpc) is 2.09. The lowest BCUT2D eigenvalue weighted by Gasteiger charge is -2.05. The van der Waals surface area contributed by atoms with Gasteiger partial charge in [-0.2, -0.15) is 0 Å². The number of hydrogen-bond acceptors (Lipinski definition) is 2. The van der Waals surface area contributed by atoms with Crippen LogP contribution in [-0.2, 0) is 4.79 Å². The number of hydrogen-bond donors (Lipinski definition) is 2. The molecule has 0 aliphatic rings. The summed E-state index contributed by atoms with van der Waals surface area (Å²) in [6, 6.07) is 4.75. The van der Waals surface area contributed by atoms with Gasteiger partial charge in [0.1, 0.15) is 5.75 Å². The second kappa shape index (κ2) is 3.76. The average molecular weight is 177 g/mol. The molecule has 0 aliphatic heterocycles. The van der Waals surface area contributed by atoms with Crippen LogP contribution in [0, 0.1) is 6.92 Å². The zero-order valence-corrected chi connectivity index (χ0v) is 7.37. The van der Waals surface area contributed by atoms with Crippen LogP contribution in [0.3, 0.4) is 0 Å². The van der Waals surface area contributed by atoms with Gasteiger partial charge >= 0.3 is 0 Å². The summed E-state index contributed by atoms with van der Waals surface area (Å²) >= 11 is 0. The van der Waals surface area contributed by atoms with E-state index in [9.17, 15) is 4.79 Å². The summed E-state index contributed by atoms with van der Waals surface area (Å²) in [5.41, 5.74) is 1.50. The van der Waals surface area contributed by atoms with Crippen LogP contribution in [0.2, 0.25) is 0 Å². The molecule has 68 valence electrons. The van der Waals surface area contributed by atoms with Crippen molar-refractivity contribution >= 4 is 11.6 Å². The summed E-state index contributed by atoms with van der Waals surface area (Å²) in [6.45, 7) is 5.15. The van der Waals surface area contributed by atoms with Gasteiger partial charge in [-0.15, -0.1) is 0 Å². The topological polar surface area (TPSA) is 49.3 Å². The van der Waals surface area contributed by atoms with Crippen molar-refractivity contribution in [1.82, 2.24) is 0 Å². The van der Waals surface area contributed by atoms with Crippen LogP contribution in [0.5, 0.6) is 5.75 Å². The van der Waals surface area contributed by atoms with Gasteiger partial charge in [-0.05, 0) is 36.8 Å². The molecular weight excluding hydrogens is 166 g/mol. The van der Waals surface area contributed by atoms with Crippen molar-refractivity contribution in [1.29, 1.82) is 0 Å². The summed E-state index contributed by atoms with van der Waals surface area (Å²) in [4.78, 5) is 10.9. The normalized spacial score (nSPS) is 9.31. The first-order valence-corrected chi connectivity index (χ1v) is 3.86. The number of carbonyl (C=O) groups is 1. The number of benzene rings is 1. The molecule has 0 unspecified atom stereocenters. The van der Waals surface area contributed by atoms with E-state index in [-0.39, 0.29) is 11.7 Å². The van der Waals surface area contributed by atoms with Gasteiger partial charge in [0, 0.05) is 5.69 Å². The summed E-state index contributed by atoms with van der Waals surface area (Å²) in [7, 11) is 0. The summed E-state index contributed by atoms with van der Waals surface area (Å²) in [5, 5.41) is 11.7. The molecule has 0 saturated heterocycles. The number of carbonyl (C=O) groups excluding carboxylic acids is 1. The van der Waals surface area contributed by atoms with Crippen molar-refractivity contribution in [3.63, 3.8) is 0 Å². The molecule has 1 aromatic carbocycles. The van der Waals surface area contributed by atoms with Gasteiger partial charge in [0.2, 0.25) is 5.91 Å². The second-order valence-electron chi connectivity index (χ2n) is 2.69. The summed E-state index contributed by atoms with van der Waals surface area (Å²) < 4.78 is 0. The molecule has 2 N–H and O–H groups in total. The van der Waals surface area contributed by atoms with Crippen LogP contribution >= 0.6 is 0 Å². The van der Waals surface area contributed by atoms with E-state index in [1.165, 1.54) is 12.1 Å². The number of amides is 1. The van der Waals surface area contributed by atoms with Gasteiger partial charge in [0.05, 0.1) is 0 Å². The predicted molar refractivity (Wildman–Crippen MR) is 51.7 cm³/mol. The molecule has 0 saturated carbocycles. The van der Waals surface area contributed by atoms with Crippen molar-refractivity contribution in [2.45, 2.75) is 6.92 Å². The molecule has 0 radical (unpaired) electrons. The van der Waals surface area contributed by atoms with Gasteiger partial charge in [-0.3, -0.25) is 4.79 Å². The highest BCUT2D eigenvalue weighted by atomic mass is 16.3. The maximum absolute atomic E-state index is 10.9. The maximum Gasteiger partial charge on any atom is 0.247 e. The van der Waals surface area contributed by atoms with E-state index in [0.29, 0.717) is 5.69 Å². The van der Waals surface area contributed by atoms with Crippen LogP contribution in [0.15, 0.2) is 30.9 Å². The van der Waals surface area contributed by atoms with Crippen molar-refractivity contribution in [2.75, 3.05) is 5.32 Å². The van der Waals surface area contributed by atoms with Crippen molar-refractivity contribution < 1.29 is 9.90 Å². The van der Waals surface area contributed by atoms with Crippen LogP contribution < -0.4 is 5.32 Å². The Labute approximate surface area is 76.7 Å². The Kier molecular flexibility index (Phi) is 2.69. The summed E-state index contributed by atoms with van der Waals surface area (Å²) in [6.07, 6.45) is 1.20. The molecule has 0 atom stereocenters. The third-order valence-corrected chi connectivity index (χ3v) is 1.65. The van der Waals surface area contributed by atoms with E-state index in [1.807, 2.05) is 0 Å². The van der Waals surface area contributed by atoms with Crippen molar-refractivity contribution in [3.05, 3.63) is 36.4 Å². The zero-order valence-electron chi connectivity index (χ0n) is 7.37. The number of anilines is 1. The van der Waals surface area contributed by atoms with E-state index in [4.69, 9.17) is 5.11 Å². The fourth-order valence-electron chi connectivity index (χ4n) is 0.972. The minimum atomic E-state index is -0.256. The molecule has 0 spiro atoms. The molecule has 0 aliphatic carbocycles. The number of aryl methyl sites for hydroxylation is 1. The van der Waals surface area contributed by atoms with E-state index < -0.39 is 0 Å². The molecular formula is C10H11NO2. The highest BCUT2D eigenvalue weighted by Gasteiger charge is 2.00. The Morgan fingerprint density at radius 1 is 1.62 bits per heavy atom. The lowest BCUT2D eigenvalue weighted by atomic mass is 10.2. The maximum atomic E-state index is 10.9. The first-order chi connectivity index (χ1) is 6.13. The smallest absolute Gasteiger partial charge is 0.247 e. The Hall–Kier alpha value is -1.77. The highest BCUT2D eigenvalue weighted by Crippen LogP contribution is 2.19. The molecule has 1 rings (SSSR count). The predicted octanol–water partition coefficient (Wildman–Crippen LogP) is 1.83. The molecule has 3 heteroatoms. The van der Waals surface area contributed by atoms with E-state index in [0.717, 1.165) is 5.56 Å². The van der Waals surface area contributed by atoms with Crippen molar-refractivity contribution in [3.8, 4) is 5.75 Å². The standard InChI is InChI=1S/C10H11NO2/c1-3-10(13)11-9-5-4-8(12)6-7(9)2/h3-6,12H,1H2,2H3,(H,11,13). The molecule has 0 heterocycles. The summed E-state index contributed by atoms with van der Waals surface area (Å²) in [5.74, 6) is -0.0668. The number of rotatable bonds is 2. The third kappa shape index (κ3) is 2.33. The highest BCUT2D eigenvalue weighted by molar-refractivity contribution is 5.99. The monoisotopic (exact) mass is 177 g/mol. The van der Waals surface area contributed by atoms with Gasteiger partial charge in [0.15, 0.2) is 0 Å². The fraction of sp³-hybridized carbons (Fsp3) is 0.100. The van der Waals surface area contributed by atoms with Gasteiger partial charge < -0.3 is 10.4 Å². The Morgan fingerprint density at radius 3 is 2.85 bits per heavy atom. The Morgan fingerprint density at radius 2 is 2.31 bits per heavy atom. The molecule has 1 amide bonds. The van der Waals surface area contributed by atoms with E-state index in [2.05, 4.69) is 11.9 Å². The molecule has 13 heavy (non-hydrogen) atoms. The molecule has 0 bridgehead atoms. The van der Waals surface area contributed by atoms with Crippen LogP contribution in [0.25, 0.3) is 0 Å². The van der Waals surface area contributed by atoms with Gasteiger partial charge in [0.25, 0.3) is 0 Å². The first-order valence-electron chi connectivity index (χ1n) is 3.86. The molecule has 0 aromatic heterocycles. The van der Waals surface area contributed by atoms with Crippen LogP contribution in [0.1, 0.15) is 5.56 Å². The van der Waals surface area contributed by atoms with E-state index in [1.54, 1.807) is 19.1 Å². The van der Waals surface area contributed by atoms with E-state index >= 15 is 0 Å². The van der Waals surface area contributed by atoms with Crippen LogP contribution in [0.4, 0.5) is 5.69 Å². The third-order valence-electron chi connectivity index (χ3n) is 1.65. The van der Waals surface area contributed by atoms with Gasteiger partial charge in [-0.25, -0.2) is 0 Å². The first kappa shape index (κ1) is 9.32. The Balaban J connectivity index is 2.89. The lowest BCUT2D eigenvalue weighted by Crippen LogP contribution is -2.08. The number of phenolic OH excluding ortho intramolecular Hbond substituents is 1. The minimum Gasteiger partial charge on any atom is -0.508 e. The molecule has 1 aromatic rings. The largest absolute Gasteiger partial charge is 0.508 e.